The van der Waals surface area contributed by atoms with Crippen LogP contribution in [0.25, 0.3) is 0 Å². The number of sulfone groups is 1. The summed E-state index contributed by atoms with van der Waals surface area (Å²) in [6.07, 6.45) is 2.44. The minimum Gasteiger partial charge on any atom is -0.294 e. The first kappa shape index (κ1) is 15.9. The van der Waals surface area contributed by atoms with Gasteiger partial charge >= 0.3 is 0 Å². The molecule has 1 aromatic carbocycles. The number of hydrogen-bond acceptors (Lipinski definition) is 4. The van der Waals surface area contributed by atoms with E-state index in [1.54, 1.807) is 16.9 Å². The zero-order valence-electron chi connectivity index (χ0n) is 13.3. The van der Waals surface area contributed by atoms with Crippen molar-refractivity contribution in [3.63, 3.8) is 0 Å². The summed E-state index contributed by atoms with van der Waals surface area (Å²) in [6.45, 7) is 3.93. The molecule has 1 aliphatic rings. The Morgan fingerprint density at radius 3 is 2.74 bits per heavy atom. The number of benzene rings is 1. The van der Waals surface area contributed by atoms with Crippen LogP contribution in [-0.4, -0.2) is 35.5 Å². The van der Waals surface area contributed by atoms with Crippen molar-refractivity contribution in [3.8, 4) is 0 Å². The predicted molar refractivity (Wildman–Crippen MR) is 88.5 cm³/mol. The summed E-state index contributed by atoms with van der Waals surface area (Å²) in [6, 6.07) is 7.42. The number of carbonyl (C=O) groups is 1. The van der Waals surface area contributed by atoms with Crippen molar-refractivity contribution in [2.75, 3.05) is 11.5 Å². The van der Waals surface area contributed by atoms with Gasteiger partial charge in [0.2, 0.25) is 0 Å². The van der Waals surface area contributed by atoms with E-state index < -0.39 is 9.84 Å². The summed E-state index contributed by atoms with van der Waals surface area (Å²) in [7, 11) is -2.98. The van der Waals surface area contributed by atoms with E-state index in [-0.39, 0.29) is 29.8 Å². The maximum absolute atomic E-state index is 12.6. The highest BCUT2D eigenvalue weighted by Gasteiger charge is 2.31. The molecule has 1 fully saturated rings. The standard InChI is InChI=1S/C17H20N2O3S/c1-12-3-4-16(13(2)9-12)17(20)10-14-5-7-18-19(14)15-6-8-23(21,22)11-15/h3-5,7,9,15H,6,8,10-11H2,1-2H3. The molecule has 0 N–H and O–H groups in total. The molecule has 0 amide bonds. The molecular weight excluding hydrogens is 312 g/mol. The molecule has 5 nitrogen and oxygen atoms in total. The zero-order chi connectivity index (χ0) is 16.6. The molecule has 0 radical (unpaired) electrons. The van der Waals surface area contributed by atoms with Gasteiger partial charge in [-0.3, -0.25) is 9.48 Å². The minimum absolute atomic E-state index is 0.0325. The molecule has 3 rings (SSSR count). The van der Waals surface area contributed by atoms with E-state index in [0.717, 1.165) is 16.8 Å². The van der Waals surface area contributed by atoms with Crippen LogP contribution in [0.5, 0.6) is 0 Å². The van der Waals surface area contributed by atoms with E-state index in [1.807, 2.05) is 32.0 Å². The molecule has 122 valence electrons. The van der Waals surface area contributed by atoms with Crippen molar-refractivity contribution in [2.45, 2.75) is 32.7 Å². The molecule has 0 saturated carbocycles. The Bertz CT molecular complexity index is 852. The van der Waals surface area contributed by atoms with Gasteiger partial charge in [0.05, 0.1) is 24.0 Å². The lowest BCUT2D eigenvalue weighted by molar-refractivity contribution is 0.0989. The van der Waals surface area contributed by atoms with Crippen molar-refractivity contribution in [1.29, 1.82) is 0 Å². The number of rotatable bonds is 4. The number of aryl methyl sites for hydroxylation is 2. The second kappa shape index (κ2) is 5.92. The van der Waals surface area contributed by atoms with Crippen molar-refractivity contribution in [1.82, 2.24) is 9.78 Å². The van der Waals surface area contributed by atoms with Crippen LogP contribution in [0.2, 0.25) is 0 Å². The summed E-state index contributed by atoms with van der Waals surface area (Å²) in [5, 5.41) is 4.25. The van der Waals surface area contributed by atoms with Crippen molar-refractivity contribution < 1.29 is 13.2 Å². The van der Waals surface area contributed by atoms with Crippen LogP contribution in [0, 0.1) is 13.8 Å². The predicted octanol–water partition coefficient (Wildman–Crippen LogP) is 2.28. The molecule has 0 aliphatic carbocycles. The minimum atomic E-state index is -2.98. The fraction of sp³-hybridized carbons (Fsp3) is 0.412. The second-order valence-corrected chi connectivity index (χ2v) is 8.47. The normalized spacial score (nSPS) is 19.8. The molecule has 2 heterocycles. The van der Waals surface area contributed by atoms with Gasteiger partial charge in [0.1, 0.15) is 0 Å². The molecule has 6 heteroatoms. The lowest BCUT2D eigenvalue weighted by Crippen LogP contribution is -2.17. The molecule has 2 aromatic rings. The topological polar surface area (TPSA) is 69.0 Å². The fourth-order valence-electron chi connectivity index (χ4n) is 3.16. The molecule has 1 aromatic heterocycles. The maximum atomic E-state index is 12.6. The number of Topliss-reactive ketones (excluding diaryl/α,β-unsaturated/α-hetero) is 1. The number of nitrogens with zero attached hydrogens (tertiary/aromatic N) is 2. The van der Waals surface area contributed by atoms with Gasteiger partial charge in [-0.25, -0.2) is 8.42 Å². The van der Waals surface area contributed by atoms with Gasteiger partial charge in [-0.2, -0.15) is 5.10 Å². The Hall–Kier alpha value is -1.95. The highest BCUT2D eigenvalue weighted by molar-refractivity contribution is 7.91. The third-order valence-corrected chi connectivity index (χ3v) is 6.08. The smallest absolute Gasteiger partial charge is 0.169 e. The maximum Gasteiger partial charge on any atom is 0.169 e. The largest absolute Gasteiger partial charge is 0.294 e. The highest BCUT2D eigenvalue weighted by atomic mass is 32.2. The summed E-state index contributed by atoms with van der Waals surface area (Å²) in [5.41, 5.74) is 3.57. The number of ketones is 1. The quantitative estimate of drug-likeness (QED) is 0.806. The van der Waals surface area contributed by atoms with E-state index in [1.165, 1.54) is 0 Å². The SMILES string of the molecule is Cc1ccc(C(=O)Cc2ccnn2C2CCS(=O)(=O)C2)c(C)c1. The fourth-order valence-corrected chi connectivity index (χ4v) is 4.86. The Morgan fingerprint density at radius 1 is 1.30 bits per heavy atom. The summed E-state index contributed by atoms with van der Waals surface area (Å²) in [4.78, 5) is 12.6. The first-order chi connectivity index (χ1) is 10.9. The molecular formula is C17H20N2O3S. The van der Waals surface area contributed by atoms with Crippen LogP contribution in [0.3, 0.4) is 0 Å². The molecule has 0 spiro atoms. The van der Waals surface area contributed by atoms with Crippen LogP contribution in [0.4, 0.5) is 0 Å². The molecule has 23 heavy (non-hydrogen) atoms. The van der Waals surface area contributed by atoms with Crippen molar-refractivity contribution in [3.05, 3.63) is 52.8 Å². The Morgan fingerprint density at radius 2 is 2.09 bits per heavy atom. The van der Waals surface area contributed by atoms with E-state index >= 15 is 0 Å². The van der Waals surface area contributed by atoms with Gasteiger partial charge in [-0.1, -0.05) is 23.8 Å². The van der Waals surface area contributed by atoms with Crippen molar-refractivity contribution in [2.24, 2.45) is 0 Å². The molecule has 1 aliphatic heterocycles. The monoisotopic (exact) mass is 332 g/mol. The third kappa shape index (κ3) is 3.37. The Labute approximate surface area is 136 Å². The van der Waals surface area contributed by atoms with E-state index in [0.29, 0.717) is 12.0 Å². The molecule has 1 atom stereocenters. The van der Waals surface area contributed by atoms with Crippen LogP contribution in [0.1, 0.15) is 39.6 Å². The van der Waals surface area contributed by atoms with Gasteiger partial charge in [-0.15, -0.1) is 0 Å². The lowest BCUT2D eigenvalue weighted by Gasteiger charge is -2.13. The van der Waals surface area contributed by atoms with E-state index in [2.05, 4.69) is 5.10 Å². The van der Waals surface area contributed by atoms with E-state index in [9.17, 15) is 13.2 Å². The number of hydrogen-bond donors (Lipinski definition) is 0. The summed E-state index contributed by atoms with van der Waals surface area (Å²) in [5.74, 6) is 0.339. The zero-order valence-corrected chi connectivity index (χ0v) is 14.1. The van der Waals surface area contributed by atoms with Gasteiger partial charge < -0.3 is 0 Å². The van der Waals surface area contributed by atoms with Gasteiger partial charge in [0.15, 0.2) is 15.6 Å². The highest BCUT2D eigenvalue weighted by Crippen LogP contribution is 2.25. The first-order valence-electron chi connectivity index (χ1n) is 7.69. The Kier molecular flexibility index (Phi) is 4.10. The number of aromatic nitrogens is 2. The average Bonchev–Trinajstić information content (AvgIpc) is 3.04. The average molecular weight is 332 g/mol. The molecule has 1 saturated heterocycles. The van der Waals surface area contributed by atoms with Crippen LogP contribution in [-0.2, 0) is 16.3 Å². The van der Waals surface area contributed by atoms with Gasteiger partial charge in [-0.05, 0) is 31.9 Å². The van der Waals surface area contributed by atoms with E-state index in [4.69, 9.17) is 0 Å². The lowest BCUT2D eigenvalue weighted by atomic mass is 9.99. The van der Waals surface area contributed by atoms with Gasteiger partial charge in [0, 0.05) is 17.5 Å². The van der Waals surface area contributed by atoms with Crippen LogP contribution >= 0.6 is 0 Å². The van der Waals surface area contributed by atoms with Gasteiger partial charge in [0.25, 0.3) is 0 Å². The third-order valence-electron chi connectivity index (χ3n) is 4.33. The summed E-state index contributed by atoms with van der Waals surface area (Å²) < 4.78 is 25.0. The summed E-state index contributed by atoms with van der Waals surface area (Å²) >= 11 is 0. The Balaban J connectivity index is 1.82. The number of carbonyl (C=O) groups excluding carboxylic acids is 1. The second-order valence-electron chi connectivity index (χ2n) is 6.24. The van der Waals surface area contributed by atoms with Crippen LogP contribution in [0.15, 0.2) is 30.5 Å². The molecule has 1 unspecified atom stereocenters. The first-order valence-corrected chi connectivity index (χ1v) is 9.51. The van der Waals surface area contributed by atoms with Crippen molar-refractivity contribution >= 4 is 15.6 Å². The van der Waals surface area contributed by atoms with Crippen LogP contribution < -0.4 is 0 Å². The molecule has 0 bridgehead atoms.